The number of Topliss-reactive ketones (excluding diaryl/α,β-unsaturated/α-hetero) is 1. The molecule has 0 aliphatic carbocycles. The van der Waals surface area contributed by atoms with Gasteiger partial charge >= 0.3 is 0 Å². The highest BCUT2D eigenvalue weighted by Crippen LogP contribution is 2.43. The van der Waals surface area contributed by atoms with Crippen LogP contribution in [0.1, 0.15) is 39.0 Å². The van der Waals surface area contributed by atoms with E-state index in [1.807, 2.05) is 38.1 Å². The molecule has 0 aromatic heterocycles. The number of amides is 1. The number of aryl methyl sites for hydroxylation is 2. The number of nitrogens with zero attached hydrogens (tertiary/aromatic N) is 1. The van der Waals surface area contributed by atoms with Crippen LogP contribution in [0.5, 0.6) is 0 Å². The molecule has 0 spiro atoms. The van der Waals surface area contributed by atoms with Crippen molar-refractivity contribution < 1.29 is 14.7 Å². The van der Waals surface area contributed by atoms with Gasteiger partial charge in [-0.2, -0.15) is 0 Å². The maximum absolute atomic E-state index is 13.4. The summed E-state index contributed by atoms with van der Waals surface area (Å²) < 4.78 is 0. The molecule has 1 heterocycles. The average Bonchev–Trinajstić information content (AvgIpc) is 2.92. The summed E-state index contributed by atoms with van der Waals surface area (Å²) in [6.07, 6.45) is -0.326. The zero-order chi connectivity index (χ0) is 21.5. The number of halogens is 1. The summed E-state index contributed by atoms with van der Waals surface area (Å²) in [5.41, 5.74) is 2.83. The first-order valence-corrected chi connectivity index (χ1v) is 10.2. The number of carbonyl (C=O) groups excluding carboxylic acids is 2. The second-order valence-corrected chi connectivity index (χ2v) is 8.24. The van der Waals surface area contributed by atoms with Crippen molar-refractivity contribution in [3.63, 3.8) is 0 Å². The smallest absolute Gasteiger partial charge is 0.264 e. The molecule has 152 valence electrons. The number of aliphatic hydroxyl groups is 1. The molecule has 0 unspecified atom stereocenters. The lowest BCUT2D eigenvalue weighted by Crippen LogP contribution is -2.41. The average molecular weight is 420 g/mol. The predicted octanol–water partition coefficient (Wildman–Crippen LogP) is 4.96. The highest BCUT2D eigenvalue weighted by molar-refractivity contribution is 6.30. The van der Waals surface area contributed by atoms with Crippen molar-refractivity contribution in [1.82, 2.24) is 0 Å². The van der Waals surface area contributed by atoms with Crippen LogP contribution < -0.4 is 4.90 Å². The number of hydrogen-bond acceptors (Lipinski definition) is 3. The van der Waals surface area contributed by atoms with E-state index in [4.69, 9.17) is 11.6 Å². The molecule has 1 amide bonds. The lowest BCUT2D eigenvalue weighted by atomic mass is 9.88. The number of fused-ring (bicyclic) bond motifs is 1. The van der Waals surface area contributed by atoms with Gasteiger partial charge in [0.2, 0.25) is 0 Å². The summed E-state index contributed by atoms with van der Waals surface area (Å²) >= 11 is 5.90. The van der Waals surface area contributed by atoms with Gasteiger partial charge in [0.15, 0.2) is 11.4 Å². The summed E-state index contributed by atoms with van der Waals surface area (Å²) in [6, 6.07) is 19.6. The highest BCUT2D eigenvalue weighted by Gasteiger charge is 2.50. The van der Waals surface area contributed by atoms with Gasteiger partial charge < -0.3 is 10.0 Å². The third kappa shape index (κ3) is 3.53. The molecule has 3 aromatic rings. The van der Waals surface area contributed by atoms with E-state index in [2.05, 4.69) is 6.07 Å². The van der Waals surface area contributed by atoms with Crippen molar-refractivity contribution in [3.8, 4) is 0 Å². The van der Waals surface area contributed by atoms with Gasteiger partial charge in [-0.05, 0) is 55.3 Å². The standard InChI is InChI=1S/C25H22ClNO3/c1-16-7-8-19(17(2)13-16)15-27-22-6-4-3-5-21(22)25(30,24(27)29)14-23(28)18-9-11-20(26)12-10-18/h3-13,30H,14-15H2,1-2H3/t25-/m1/s1. The van der Waals surface area contributed by atoms with Crippen molar-refractivity contribution in [2.75, 3.05) is 4.90 Å². The Kier molecular flexibility index (Phi) is 5.22. The first-order valence-electron chi connectivity index (χ1n) is 9.78. The van der Waals surface area contributed by atoms with Crippen molar-refractivity contribution in [3.05, 3.63) is 99.6 Å². The second-order valence-electron chi connectivity index (χ2n) is 7.81. The Hall–Kier alpha value is -2.95. The molecule has 0 bridgehead atoms. The topological polar surface area (TPSA) is 57.6 Å². The van der Waals surface area contributed by atoms with Crippen LogP contribution in [0.2, 0.25) is 5.02 Å². The fraction of sp³-hybridized carbons (Fsp3) is 0.200. The van der Waals surface area contributed by atoms with E-state index in [-0.39, 0.29) is 12.2 Å². The molecule has 1 atom stereocenters. The van der Waals surface area contributed by atoms with Crippen LogP contribution in [0.4, 0.5) is 5.69 Å². The molecular weight excluding hydrogens is 398 g/mol. The van der Waals surface area contributed by atoms with Crippen LogP contribution in [-0.4, -0.2) is 16.8 Å². The van der Waals surface area contributed by atoms with Crippen LogP contribution >= 0.6 is 11.6 Å². The maximum atomic E-state index is 13.4. The number of carbonyl (C=O) groups is 2. The Morgan fingerprint density at radius 3 is 2.43 bits per heavy atom. The molecule has 3 aromatic carbocycles. The summed E-state index contributed by atoms with van der Waals surface area (Å²) in [4.78, 5) is 27.8. The number of rotatable bonds is 5. The summed E-state index contributed by atoms with van der Waals surface area (Å²) in [5.74, 6) is -0.795. The van der Waals surface area contributed by atoms with E-state index in [9.17, 15) is 14.7 Å². The summed E-state index contributed by atoms with van der Waals surface area (Å²) in [7, 11) is 0. The third-order valence-electron chi connectivity index (χ3n) is 5.65. The molecule has 1 N–H and O–H groups in total. The highest BCUT2D eigenvalue weighted by atomic mass is 35.5. The molecular formula is C25H22ClNO3. The van der Waals surface area contributed by atoms with Gasteiger partial charge in [-0.1, -0.05) is 53.6 Å². The predicted molar refractivity (Wildman–Crippen MR) is 118 cm³/mol. The lowest BCUT2D eigenvalue weighted by molar-refractivity contribution is -0.136. The van der Waals surface area contributed by atoms with Gasteiger partial charge in [-0.15, -0.1) is 0 Å². The number of hydrogen-bond donors (Lipinski definition) is 1. The van der Waals surface area contributed by atoms with Crippen LogP contribution in [0.15, 0.2) is 66.7 Å². The zero-order valence-electron chi connectivity index (χ0n) is 16.9. The van der Waals surface area contributed by atoms with Crippen molar-refractivity contribution in [2.24, 2.45) is 0 Å². The second kappa shape index (κ2) is 7.71. The maximum Gasteiger partial charge on any atom is 0.264 e. The number of para-hydroxylation sites is 1. The minimum Gasteiger partial charge on any atom is -0.375 e. The monoisotopic (exact) mass is 419 g/mol. The van der Waals surface area contributed by atoms with E-state index in [1.165, 1.54) is 0 Å². The molecule has 4 nitrogen and oxygen atoms in total. The SMILES string of the molecule is Cc1ccc(CN2C(=O)[C@@](O)(CC(=O)c3ccc(Cl)cc3)c3ccccc32)c(C)c1. The third-order valence-corrected chi connectivity index (χ3v) is 5.90. The molecule has 4 rings (SSSR count). The van der Waals surface area contributed by atoms with E-state index < -0.39 is 11.5 Å². The normalized spacial score (nSPS) is 17.9. The molecule has 0 saturated heterocycles. The summed E-state index contributed by atoms with van der Waals surface area (Å²) in [5, 5.41) is 11.9. The lowest BCUT2D eigenvalue weighted by Gasteiger charge is -2.23. The van der Waals surface area contributed by atoms with E-state index in [0.29, 0.717) is 28.4 Å². The zero-order valence-corrected chi connectivity index (χ0v) is 17.6. The van der Waals surface area contributed by atoms with E-state index in [0.717, 1.165) is 16.7 Å². The minimum absolute atomic E-state index is 0.314. The Morgan fingerprint density at radius 2 is 1.73 bits per heavy atom. The molecule has 5 heteroatoms. The van der Waals surface area contributed by atoms with Gasteiger partial charge in [-0.25, -0.2) is 0 Å². The minimum atomic E-state index is -1.90. The van der Waals surface area contributed by atoms with Crippen LogP contribution in [-0.2, 0) is 16.9 Å². The molecule has 1 aliphatic heterocycles. The molecule has 30 heavy (non-hydrogen) atoms. The van der Waals surface area contributed by atoms with Gasteiger partial charge in [0.05, 0.1) is 18.7 Å². The largest absolute Gasteiger partial charge is 0.375 e. The van der Waals surface area contributed by atoms with Crippen molar-refractivity contribution >= 4 is 29.0 Å². The Labute approximate surface area is 180 Å². The first-order chi connectivity index (χ1) is 14.3. The Morgan fingerprint density at radius 1 is 1.03 bits per heavy atom. The van der Waals surface area contributed by atoms with Crippen LogP contribution in [0, 0.1) is 13.8 Å². The van der Waals surface area contributed by atoms with Crippen LogP contribution in [0.3, 0.4) is 0 Å². The quantitative estimate of drug-likeness (QED) is 0.594. The first kappa shape index (κ1) is 20.3. The van der Waals surface area contributed by atoms with Crippen LogP contribution in [0.25, 0.3) is 0 Å². The molecule has 0 saturated carbocycles. The molecule has 1 aliphatic rings. The number of benzene rings is 3. The van der Waals surface area contributed by atoms with Crippen molar-refractivity contribution in [2.45, 2.75) is 32.4 Å². The van der Waals surface area contributed by atoms with Gasteiger partial charge in [0, 0.05) is 16.1 Å². The van der Waals surface area contributed by atoms with E-state index in [1.54, 1.807) is 41.3 Å². The van der Waals surface area contributed by atoms with Crippen molar-refractivity contribution in [1.29, 1.82) is 0 Å². The molecule has 0 radical (unpaired) electrons. The number of anilines is 1. The Bertz CT molecular complexity index is 1140. The van der Waals surface area contributed by atoms with Gasteiger partial charge in [-0.3, -0.25) is 9.59 Å². The molecule has 0 fully saturated rings. The van der Waals surface area contributed by atoms with Gasteiger partial charge in [0.1, 0.15) is 0 Å². The summed E-state index contributed by atoms with van der Waals surface area (Å²) in [6.45, 7) is 4.36. The number of ketones is 1. The Balaban J connectivity index is 1.68. The fourth-order valence-electron chi connectivity index (χ4n) is 4.00. The van der Waals surface area contributed by atoms with E-state index >= 15 is 0 Å². The fourth-order valence-corrected chi connectivity index (χ4v) is 4.12. The van der Waals surface area contributed by atoms with Gasteiger partial charge in [0.25, 0.3) is 5.91 Å².